The van der Waals surface area contributed by atoms with Gasteiger partial charge in [-0.1, -0.05) is 0 Å². The average Bonchev–Trinajstić information content (AvgIpc) is 3.06. The maximum absolute atomic E-state index is 13.1. The number of carbonyl (C=O) groups excluding carboxylic acids is 2. The molecule has 1 atom stereocenters. The Balaban J connectivity index is 1.55. The summed E-state index contributed by atoms with van der Waals surface area (Å²) in [5.74, 6) is 0.676. The van der Waals surface area contributed by atoms with Gasteiger partial charge in [-0.05, 0) is 41.8 Å². The fourth-order valence-corrected chi connectivity index (χ4v) is 4.07. The number of carbonyl (C=O) groups is 2. The van der Waals surface area contributed by atoms with Gasteiger partial charge in [-0.2, -0.15) is 0 Å². The summed E-state index contributed by atoms with van der Waals surface area (Å²) in [4.78, 5) is 39.1. The molecule has 0 saturated carbocycles. The van der Waals surface area contributed by atoms with Gasteiger partial charge in [0.2, 0.25) is 5.91 Å². The predicted molar refractivity (Wildman–Crippen MR) is 108 cm³/mol. The number of nitro groups is 1. The number of imide groups is 1. The highest BCUT2D eigenvalue weighted by Gasteiger charge is 2.43. The van der Waals surface area contributed by atoms with Gasteiger partial charge in [-0.15, -0.1) is 0 Å². The van der Waals surface area contributed by atoms with Crippen molar-refractivity contribution in [3.05, 3.63) is 57.6 Å². The molecule has 0 unspecified atom stereocenters. The van der Waals surface area contributed by atoms with E-state index < -0.39 is 11.0 Å². The van der Waals surface area contributed by atoms with Gasteiger partial charge in [0.25, 0.3) is 11.6 Å². The Kier molecular flexibility index (Phi) is 5.13. The molecule has 0 aliphatic carbocycles. The lowest BCUT2D eigenvalue weighted by atomic mass is 9.97. The molecule has 2 aliphatic heterocycles. The van der Waals surface area contributed by atoms with E-state index in [0.29, 0.717) is 30.3 Å². The molecule has 2 heterocycles. The van der Waals surface area contributed by atoms with Gasteiger partial charge in [-0.3, -0.25) is 24.6 Å². The summed E-state index contributed by atoms with van der Waals surface area (Å²) in [6.45, 7) is 1.16. The molecule has 0 radical (unpaired) electrons. The molecule has 9 nitrogen and oxygen atoms in total. The highest BCUT2D eigenvalue weighted by atomic mass is 16.6. The average molecular weight is 411 g/mol. The summed E-state index contributed by atoms with van der Waals surface area (Å²) in [6, 6.07) is 8.75. The lowest BCUT2D eigenvalue weighted by Crippen LogP contribution is -2.44. The molecule has 2 amide bonds. The number of hydrogen-bond donors (Lipinski definition) is 0. The van der Waals surface area contributed by atoms with Gasteiger partial charge >= 0.3 is 0 Å². The summed E-state index contributed by atoms with van der Waals surface area (Å²) >= 11 is 0. The van der Waals surface area contributed by atoms with Crippen LogP contribution in [0.1, 0.15) is 17.5 Å². The van der Waals surface area contributed by atoms with E-state index in [0.717, 1.165) is 22.4 Å². The molecule has 4 rings (SSSR count). The molecule has 1 fully saturated rings. The quantitative estimate of drug-likeness (QED) is 0.423. The number of nitro benzene ring substituents is 1. The van der Waals surface area contributed by atoms with Gasteiger partial charge in [0.1, 0.15) is 0 Å². The molecule has 0 bridgehead atoms. The van der Waals surface area contributed by atoms with Crippen molar-refractivity contribution in [3.63, 3.8) is 0 Å². The third-order valence-corrected chi connectivity index (χ3v) is 5.63. The van der Waals surface area contributed by atoms with Gasteiger partial charge in [0.05, 0.1) is 37.3 Å². The zero-order valence-electron chi connectivity index (χ0n) is 16.7. The number of hydrogen-bond acceptors (Lipinski definition) is 7. The minimum absolute atomic E-state index is 0.0818. The van der Waals surface area contributed by atoms with Crippen LogP contribution in [0.5, 0.6) is 11.5 Å². The van der Waals surface area contributed by atoms with E-state index in [1.165, 1.54) is 24.3 Å². The number of ether oxygens (including phenoxy) is 2. The summed E-state index contributed by atoms with van der Waals surface area (Å²) in [7, 11) is 3.17. The first kappa shape index (κ1) is 19.8. The van der Waals surface area contributed by atoms with Crippen LogP contribution in [-0.2, 0) is 22.6 Å². The molecule has 2 aromatic rings. The fourth-order valence-electron chi connectivity index (χ4n) is 4.07. The van der Waals surface area contributed by atoms with Crippen LogP contribution in [0.2, 0.25) is 0 Å². The molecular formula is C21H21N3O6. The number of benzene rings is 2. The summed E-state index contributed by atoms with van der Waals surface area (Å²) in [6.07, 6.45) is 0.809. The van der Waals surface area contributed by atoms with Crippen molar-refractivity contribution in [2.24, 2.45) is 0 Å². The standard InChI is InChI=1S/C21H21N3O6/c1-29-18-9-13-7-8-22(12-14(13)10-19(18)30-2)17-11-20(25)23(21(17)26)15-3-5-16(6-4-15)24(27)28/h3-6,9-10,17H,7-8,11-12H2,1-2H3/t17-/m1/s1. The molecule has 2 aromatic carbocycles. The van der Waals surface area contributed by atoms with Gasteiger partial charge in [0, 0.05) is 25.2 Å². The van der Waals surface area contributed by atoms with Crippen LogP contribution in [0.3, 0.4) is 0 Å². The van der Waals surface area contributed by atoms with E-state index in [9.17, 15) is 19.7 Å². The second kappa shape index (κ2) is 7.75. The van der Waals surface area contributed by atoms with Crippen LogP contribution in [-0.4, -0.2) is 48.4 Å². The van der Waals surface area contributed by atoms with Crippen LogP contribution in [0.15, 0.2) is 36.4 Å². The summed E-state index contributed by atoms with van der Waals surface area (Å²) in [5.41, 5.74) is 2.43. The second-order valence-electron chi connectivity index (χ2n) is 7.26. The fraction of sp³-hybridized carbons (Fsp3) is 0.333. The van der Waals surface area contributed by atoms with Gasteiger partial charge in [-0.25, -0.2) is 4.90 Å². The van der Waals surface area contributed by atoms with Crippen molar-refractivity contribution >= 4 is 23.2 Å². The molecule has 2 aliphatic rings. The topological polar surface area (TPSA) is 102 Å². The molecule has 0 N–H and O–H groups in total. The van der Waals surface area contributed by atoms with E-state index in [1.807, 2.05) is 17.0 Å². The highest BCUT2D eigenvalue weighted by Crippen LogP contribution is 2.35. The Hall–Kier alpha value is -3.46. The zero-order valence-corrected chi connectivity index (χ0v) is 16.7. The number of nitrogens with zero attached hydrogens (tertiary/aromatic N) is 3. The maximum atomic E-state index is 13.1. The molecule has 0 spiro atoms. The van der Waals surface area contributed by atoms with E-state index in [4.69, 9.17) is 9.47 Å². The number of non-ortho nitro benzene ring substituents is 1. The van der Waals surface area contributed by atoms with Crippen molar-refractivity contribution in [2.45, 2.75) is 25.4 Å². The van der Waals surface area contributed by atoms with Crippen LogP contribution in [0.4, 0.5) is 11.4 Å². The lowest BCUT2D eigenvalue weighted by Gasteiger charge is -2.32. The van der Waals surface area contributed by atoms with Crippen LogP contribution in [0, 0.1) is 10.1 Å². The third-order valence-electron chi connectivity index (χ3n) is 5.63. The lowest BCUT2D eigenvalue weighted by molar-refractivity contribution is -0.384. The first-order chi connectivity index (χ1) is 14.4. The first-order valence-electron chi connectivity index (χ1n) is 9.52. The Bertz CT molecular complexity index is 1020. The number of amides is 2. The number of methoxy groups -OCH3 is 2. The minimum Gasteiger partial charge on any atom is -0.493 e. The van der Waals surface area contributed by atoms with Crippen molar-refractivity contribution in [1.29, 1.82) is 0 Å². The summed E-state index contributed by atoms with van der Waals surface area (Å²) in [5, 5.41) is 10.8. The molecule has 156 valence electrons. The zero-order chi connectivity index (χ0) is 21.4. The Morgan fingerprint density at radius 2 is 1.67 bits per heavy atom. The maximum Gasteiger partial charge on any atom is 0.269 e. The number of anilines is 1. The van der Waals surface area contributed by atoms with Gasteiger partial charge < -0.3 is 9.47 Å². The third kappa shape index (κ3) is 3.37. The Labute approximate surface area is 172 Å². The monoisotopic (exact) mass is 411 g/mol. The number of rotatable bonds is 5. The number of fused-ring (bicyclic) bond motifs is 1. The molecule has 30 heavy (non-hydrogen) atoms. The molecular weight excluding hydrogens is 390 g/mol. The summed E-state index contributed by atoms with van der Waals surface area (Å²) < 4.78 is 10.7. The Morgan fingerprint density at radius 1 is 1.03 bits per heavy atom. The van der Waals surface area contributed by atoms with Gasteiger partial charge in [0.15, 0.2) is 11.5 Å². The smallest absolute Gasteiger partial charge is 0.269 e. The van der Waals surface area contributed by atoms with E-state index in [1.54, 1.807) is 14.2 Å². The normalized spacial score (nSPS) is 19.0. The van der Waals surface area contributed by atoms with Crippen molar-refractivity contribution < 1.29 is 24.0 Å². The molecule has 0 aromatic heterocycles. The predicted octanol–water partition coefficient (Wildman–Crippen LogP) is 2.30. The first-order valence-corrected chi connectivity index (χ1v) is 9.52. The van der Waals surface area contributed by atoms with Crippen LogP contribution < -0.4 is 14.4 Å². The SMILES string of the molecule is COc1cc2c(cc1OC)CN([C@@H]1CC(=O)N(c3ccc([N+](=O)[O-])cc3)C1=O)CC2. The van der Waals surface area contributed by atoms with Crippen molar-refractivity contribution in [1.82, 2.24) is 4.90 Å². The molecule has 9 heteroatoms. The van der Waals surface area contributed by atoms with Crippen LogP contribution >= 0.6 is 0 Å². The second-order valence-corrected chi connectivity index (χ2v) is 7.26. The van der Waals surface area contributed by atoms with E-state index >= 15 is 0 Å². The largest absolute Gasteiger partial charge is 0.493 e. The van der Waals surface area contributed by atoms with Crippen LogP contribution in [0.25, 0.3) is 0 Å². The minimum atomic E-state index is -0.561. The van der Waals surface area contributed by atoms with Crippen molar-refractivity contribution in [3.8, 4) is 11.5 Å². The van der Waals surface area contributed by atoms with Crippen molar-refractivity contribution in [2.75, 3.05) is 25.7 Å². The van der Waals surface area contributed by atoms with E-state index in [-0.39, 0.29) is 23.9 Å². The molecule has 1 saturated heterocycles. The van der Waals surface area contributed by atoms with E-state index in [2.05, 4.69) is 0 Å². The Morgan fingerprint density at radius 3 is 2.27 bits per heavy atom. The highest BCUT2D eigenvalue weighted by molar-refractivity contribution is 6.22.